The summed E-state index contributed by atoms with van der Waals surface area (Å²) in [5.41, 5.74) is 6.92. The molecule has 0 bridgehead atoms. The zero-order chi connectivity index (χ0) is 16.8. The SMILES string of the molecule is N#C/C(=C/Nc1ccc(O)cc1)C(=O)Nc1ccc(N)c(Cl)c1. The molecule has 0 saturated carbocycles. The number of nitrogen functional groups attached to an aromatic ring is 1. The second kappa shape index (κ2) is 7.20. The van der Waals surface area contributed by atoms with Crippen molar-refractivity contribution >= 4 is 34.6 Å². The highest BCUT2D eigenvalue weighted by molar-refractivity contribution is 6.33. The molecular weight excluding hydrogens is 316 g/mol. The number of rotatable bonds is 4. The van der Waals surface area contributed by atoms with Gasteiger partial charge in [-0.2, -0.15) is 5.26 Å². The molecule has 0 fully saturated rings. The van der Waals surface area contributed by atoms with Crippen molar-refractivity contribution in [1.82, 2.24) is 0 Å². The van der Waals surface area contributed by atoms with E-state index in [0.29, 0.717) is 22.1 Å². The third kappa shape index (κ3) is 4.40. The summed E-state index contributed by atoms with van der Waals surface area (Å²) in [6.07, 6.45) is 1.28. The van der Waals surface area contributed by atoms with Gasteiger partial charge in [-0.25, -0.2) is 0 Å². The van der Waals surface area contributed by atoms with E-state index < -0.39 is 5.91 Å². The van der Waals surface area contributed by atoms with Crippen molar-refractivity contribution in [3.63, 3.8) is 0 Å². The van der Waals surface area contributed by atoms with Gasteiger partial charge in [-0.1, -0.05) is 11.6 Å². The highest BCUT2D eigenvalue weighted by Crippen LogP contribution is 2.23. The fourth-order valence-corrected chi connectivity index (χ4v) is 1.85. The van der Waals surface area contributed by atoms with Crippen LogP contribution in [0, 0.1) is 11.3 Å². The lowest BCUT2D eigenvalue weighted by atomic mass is 10.2. The predicted molar refractivity (Wildman–Crippen MR) is 89.9 cm³/mol. The number of nitriles is 1. The fraction of sp³-hybridized carbons (Fsp3) is 0. The molecule has 0 atom stereocenters. The normalized spacial score (nSPS) is 10.7. The Morgan fingerprint density at radius 2 is 1.87 bits per heavy atom. The van der Waals surface area contributed by atoms with E-state index >= 15 is 0 Å². The minimum Gasteiger partial charge on any atom is -0.508 e. The average molecular weight is 329 g/mol. The fourth-order valence-electron chi connectivity index (χ4n) is 1.67. The van der Waals surface area contributed by atoms with Crippen molar-refractivity contribution in [1.29, 1.82) is 5.26 Å². The molecule has 7 heteroatoms. The first-order chi connectivity index (χ1) is 11.0. The number of phenols is 1. The van der Waals surface area contributed by atoms with Gasteiger partial charge < -0.3 is 21.5 Å². The van der Waals surface area contributed by atoms with Crippen molar-refractivity contribution in [2.45, 2.75) is 0 Å². The van der Waals surface area contributed by atoms with Crippen molar-refractivity contribution in [2.75, 3.05) is 16.4 Å². The van der Waals surface area contributed by atoms with Crippen LogP contribution in [-0.2, 0) is 4.79 Å². The highest BCUT2D eigenvalue weighted by Gasteiger charge is 2.10. The van der Waals surface area contributed by atoms with Gasteiger partial charge in [0.25, 0.3) is 5.91 Å². The van der Waals surface area contributed by atoms with Crippen LogP contribution in [0.3, 0.4) is 0 Å². The molecule has 6 nitrogen and oxygen atoms in total. The number of hydrogen-bond donors (Lipinski definition) is 4. The van der Waals surface area contributed by atoms with Gasteiger partial charge in [0.05, 0.1) is 10.7 Å². The Bertz CT molecular complexity index is 795. The van der Waals surface area contributed by atoms with Crippen LogP contribution in [0.1, 0.15) is 0 Å². The number of amides is 1. The summed E-state index contributed by atoms with van der Waals surface area (Å²) in [6.45, 7) is 0. The number of nitrogens with two attached hydrogens (primary N) is 1. The Labute approximate surface area is 137 Å². The van der Waals surface area contributed by atoms with Crippen LogP contribution in [-0.4, -0.2) is 11.0 Å². The van der Waals surface area contributed by atoms with Gasteiger partial charge in [-0.3, -0.25) is 4.79 Å². The number of nitrogens with one attached hydrogen (secondary N) is 2. The molecule has 2 rings (SSSR count). The summed E-state index contributed by atoms with van der Waals surface area (Å²) in [7, 11) is 0. The first-order valence-electron chi connectivity index (χ1n) is 6.52. The third-order valence-corrected chi connectivity index (χ3v) is 3.20. The zero-order valence-corrected chi connectivity index (χ0v) is 12.6. The Balaban J connectivity index is 2.08. The Morgan fingerprint density at radius 1 is 1.22 bits per heavy atom. The topological polar surface area (TPSA) is 111 Å². The molecule has 0 aliphatic carbocycles. The minimum absolute atomic E-state index is 0.119. The number of benzene rings is 2. The van der Waals surface area contributed by atoms with Crippen LogP contribution in [0.25, 0.3) is 0 Å². The van der Waals surface area contributed by atoms with Crippen LogP contribution in [0.5, 0.6) is 5.75 Å². The van der Waals surface area contributed by atoms with E-state index in [1.807, 2.05) is 6.07 Å². The molecule has 0 aliphatic heterocycles. The largest absolute Gasteiger partial charge is 0.508 e. The van der Waals surface area contributed by atoms with Crippen LogP contribution in [0.4, 0.5) is 17.1 Å². The van der Waals surface area contributed by atoms with E-state index in [2.05, 4.69) is 10.6 Å². The lowest BCUT2D eigenvalue weighted by Gasteiger charge is -2.07. The summed E-state index contributed by atoms with van der Waals surface area (Å²) < 4.78 is 0. The lowest BCUT2D eigenvalue weighted by molar-refractivity contribution is -0.112. The van der Waals surface area contributed by atoms with Crippen LogP contribution in [0.2, 0.25) is 5.02 Å². The summed E-state index contributed by atoms with van der Waals surface area (Å²) >= 11 is 5.88. The van der Waals surface area contributed by atoms with Gasteiger partial charge in [0.2, 0.25) is 0 Å². The second-order valence-electron chi connectivity index (χ2n) is 4.55. The number of hydrogen-bond acceptors (Lipinski definition) is 5. The van der Waals surface area contributed by atoms with Crippen molar-refractivity contribution in [3.05, 3.63) is 59.3 Å². The smallest absolute Gasteiger partial charge is 0.267 e. The number of carbonyl (C=O) groups excluding carboxylic acids is 1. The summed E-state index contributed by atoms with van der Waals surface area (Å²) in [5, 5.41) is 24.0. The number of aromatic hydroxyl groups is 1. The first-order valence-corrected chi connectivity index (χ1v) is 6.89. The highest BCUT2D eigenvalue weighted by atomic mass is 35.5. The molecule has 0 saturated heterocycles. The van der Waals surface area contributed by atoms with E-state index in [1.54, 1.807) is 24.3 Å². The molecular formula is C16H13ClN4O2. The second-order valence-corrected chi connectivity index (χ2v) is 4.96. The van der Waals surface area contributed by atoms with Gasteiger partial charge in [0.15, 0.2) is 0 Å². The van der Waals surface area contributed by atoms with Crippen molar-refractivity contribution in [3.8, 4) is 11.8 Å². The maximum atomic E-state index is 12.1. The maximum Gasteiger partial charge on any atom is 0.267 e. The number of phenolic OH excluding ortho intramolecular Hbond substituents is 1. The zero-order valence-electron chi connectivity index (χ0n) is 11.9. The van der Waals surface area contributed by atoms with Gasteiger partial charge in [0, 0.05) is 17.6 Å². The molecule has 2 aromatic rings. The third-order valence-electron chi connectivity index (χ3n) is 2.87. The van der Waals surface area contributed by atoms with E-state index in [9.17, 15) is 9.90 Å². The number of carbonyl (C=O) groups is 1. The summed E-state index contributed by atoms with van der Waals surface area (Å²) in [4.78, 5) is 12.1. The Hall–Kier alpha value is -3.17. The van der Waals surface area contributed by atoms with Crippen molar-refractivity contribution < 1.29 is 9.90 Å². The summed E-state index contributed by atoms with van der Waals surface area (Å²) in [5.74, 6) is -0.461. The molecule has 0 aromatic heterocycles. The molecule has 0 radical (unpaired) electrons. The molecule has 2 aromatic carbocycles. The molecule has 1 amide bonds. The predicted octanol–water partition coefficient (Wildman–Crippen LogP) is 3.09. The molecule has 5 N–H and O–H groups in total. The molecule has 0 aliphatic rings. The number of nitrogens with zero attached hydrogens (tertiary/aromatic N) is 1. The standard InChI is InChI=1S/C16H13ClN4O2/c17-14-7-12(3-6-15(14)19)21-16(23)10(8-18)9-20-11-1-4-13(22)5-2-11/h1-7,9,20,22H,19H2,(H,21,23)/b10-9-. The Kier molecular flexibility index (Phi) is 5.07. The van der Waals surface area contributed by atoms with E-state index in [4.69, 9.17) is 22.6 Å². The van der Waals surface area contributed by atoms with Gasteiger partial charge in [-0.05, 0) is 42.5 Å². The van der Waals surface area contributed by atoms with E-state index in [1.165, 1.54) is 24.4 Å². The molecule has 116 valence electrons. The monoisotopic (exact) mass is 328 g/mol. The Morgan fingerprint density at radius 3 is 2.48 bits per heavy atom. The van der Waals surface area contributed by atoms with E-state index in [-0.39, 0.29) is 11.3 Å². The average Bonchev–Trinajstić information content (AvgIpc) is 2.53. The number of anilines is 3. The van der Waals surface area contributed by atoms with Crippen LogP contribution in [0.15, 0.2) is 54.2 Å². The van der Waals surface area contributed by atoms with Crippen LogP contribution >= 0.6 is 11.6 Å². The minimum atomic E-state index is -0.584. The van der Waals surface area contributed by atoms with Crippen molar-refractivity contribution in [2.24, 2.45) is 0 Å². The van der Waals surface area contributed by atoms with Gasteiger partial charge in [-0.15, -0.1) is 0 Å². The van der Waals surface area contributed by atoms with E-state index in [0.717, 1.165) is 0 Å². The lowest BCUT2D eigenvalue weighted by Crippen LogP contribution is -2.14. The quantitative estimate of drug-likeness (QED) is 0.298. The summed E-state index contributed by atoms with van der Waals surface area (Å²) in [6, 6.07) is 12.6. The molecule has 0 heterocycles. The molecule has 0 spiro atoms. The first kappa shape index (κ1) is 16.2. The van der Waals surface area contributed by atoms with Crippen LogP contribution < -0.4 is 16.4 Å². The maximum absolute atomic E-state index is 12.1. The van der Waals surface area contributed by atoms with Gasteiger partial charge >= 0.3 is 0 Å². The number of halogens is 1. The van der Waals surface area contributed by atoms with Gasteiger partial charge in [0.1, 0.15) is 17.4 Å². The molecule has 23 heavy (non-hydrogen) atoms. The molecule has 0 unspecified atom stereocenters.